The zero-order valence-electron chi connectivity index (χ0n) is 10.6. The van der Waals surface area contributed by atoms with Crippen LogP contribution >= 0.6 is 43.5 Å². The highest BCUT2D eigenvalue weighted by Gasteiger charge is 2.07. The molecule has 7 heteroatoms. The number of urea groups is 1. The predicted octanol–water partition coefficient (Wildman–Crippen LogP) is 5.33. The minimum Gasteiger partial charge on any atom is -0.334 e. The van der Waals surface area contributed by atoms with Gasteiger partial charge < -0.3 is 10.6 Å². The largest absolute Gasteiger partial charge is 0.334 e. The molecule has 21 heavy (non-hydrogen) atoms. The van der Waals surface area contributed by atoms with E-state index >= 15 is 0 Å². The van der Waals surface area contributed by atoms with Crippen molar-refractivity contribution in [2.24, 2.45) is 0 Å². The molecule has 0 saturated carbocycles. The van der Waals surface area contributed by atoms with Gasteiger partial charge in [-0.15, -0.1) is 0 Å². The van der Waals surface area contributed by atoms with E-state index in [1.165, 1.54) is 18.2 Å². The highest BCUT2D eigenvalue weighted by Crippen LogP contribution is 2.26. The number of benzene rings is 2. The Kier molecular flexibility index (Phi) is 5.61. The van der Waals surface area contributed by atoms with E-state index in [-0.39, 0.29) is 17.6 Å². The number of carbonyl (C=O) groups excluding carboxylic acids is 1. The molecule has 0 atom stereocenters. The van der Waals surface area contributed by atoms with Gasteiger partial charge in [0.15, 0.2) is 0 Å². The van der Waals surface area contributed by atoms with Crippen LogP contribution in [0.2, 0.25) is 5.02 Å². The number of rotatable bonds is 3. The first kappa shape index (κ1) is 16.3. The lowest BCUT2D eigenvalue weighted by Crippen LogP contribution is -2.28. The molecular formula is C14H10Br2ClFN2O. The first-order chi connectivity index (χ1) is 9.95. The maximum absolute atomic E-state index is 12.9. The molecule has 0 aliphatic rings. The molecule has 110 valence electrons. The van der Waals surface area contributed by atoms with Gasteiger partial charge in [0.1, 0.15) is 5.82 Å². The second-order valence-electron chi connectivity index (χ2n) is 4.17. The molecule has 2 aromatic rings. The highest BCUT2D eigenvalue weighted by molar-refractivity contribution is 9.11. The molecule has 0 fully saturated rings. The average Bonchev–Trinajstić information content (AvgIpc) is 2.41. The van der Waals surface area contributed by atoms with E-state index < -0.39 is 5.82 Å². The summed E-state index contributed by atoms with van der Waals surface area (Å²) in [5.74, 6) is -0.410. The lowest BCUT2D eigenvalue weighted by atomic mass is 10.2. The third-order valence-electron chi connectivity index (χ3n) is 2.63. The van der Waals surface area contributed by atoms with Gasteiger partial charge in [-0.25, -0.2) is 9.18 Å². The van der Waals surface area contributed by atoms with E-state index in [1.807, 2.05) is 12.1 Å². The molecule has 0 aromatic heterocycles. The number of carbonyl (C=O) groups is 1. The molecule has 0 unspecified atom stereocenters. The smallest absolute Gasteiger partial charge is 0.319 e. The molecule has 0 saturated heterocycles. The van der Waals surface area contributed by atoms with Crippen molar-refractivity contribution in [2.45, 2.75) is 6.54 Å². The summed E-state index contributed by atoms with van der Waals surface area (Å²) >= 11 is 12.6. The van der Waals surface area contributed by atoms with Crippen LogP contribution in [0.3, 0.4) is 0 Å². The Morgan fingerprint density at radius 2 is 1.95 bits per heavy atom. The molecule has 0 spiro atoms. The summed E-state index contributed by atoms with van der Waals surface area (Å²) in [4.78, 5) is 11.8. The number of halogens is 4. The molecule has 2 rings (SSSR count). The van der Waals surface area contributed by atoms with Crippen LogP contribution in [0.4, 0.5) is 14.9 Å². The first-order valence-electron chi connectivity index (χ1n) is 5.89. The Morgan fingerprint density at radius 3 is 2.62 bits per heavy atom. The quantitative estimate of drug-likeness (QED) is 0.671. The summed E-state index contributed by atoms with van der Waals surface area (Å²) < 4.78 is 14.6. The maximum Gasteiger partial charge on any atom is 0.319 e. The average molecular weight is 437 g/mol. The first-order valence-corrected chi connectivity index (χ1v) is 7.86. The van der Waals surface area contributed by atoms with Crippen LogP contribution in [0.25, 0.3) is 0 Å². The van der Waals surface area contributed by atoms with Gasteiger partial charge in [-0.2, -0.15) is 0 Å². The Bertz CT molecular complexity index is 682. The van der Waals surface area contributed by atoms with E-state index in [2.05, 4.69) is 42.5 Å². The highest BCUT2D eigenvalue weighted by atomic mass is 79.9. The third-order valence-corrected chi connectivity index (χ3v) is 4.14. The number of anilines is 1. The Hall–Kier alpha value is -1.11. The van der Waals surface area contributed by atoms with Crippen LogP contribution in [-0.4, -0.2) is 6.03 Å². The summed E-state index contributed by atoms with van der Waals surface area (Å²) in [6, 6.07) is 9.07. The Balaban J connectivity index is 1.96. The Labute approximate surface area is 143 Å². The topological polar surface area (TPSA) is 41.1 Å². The molecule has 2 amide bonds. The fourth-order valence-corrected chi connectivity index (χ4v) is 2.98. The van der Waals surface area contributed by atoms with Crippen LogP contribution in [0, 0.1) is 5.82 Å². The Morgan fingerprint density at radius 1 is 1.19 bits per heavy atom. The minimum atomic E-state index is -0.410. The van der Waals surface area contributed by atoms with Gasteiger partial charge >= 0.3 is 6.03 Å². The number of amides is 2. The molecule has 0 aliphatic heterocycles. The van der Waals surface area contributed by atoms with Crippen LogP contribution < -0.4 is 10.6 Å². The second kappa shape index (κ2) is 7.24. The van der Waals surface area contributed by atoms with Crippen molar-refractivity contribution in [3.05, 3.63) is 61.7 Å². The van der Waals surface area contributed by atoms with Gasteiger partial charge in [0, 0.05) is 20.5 Å². The number of hydrogen-bond acceptors (Lipinski definition) is 1. The summed E-state index contributed by atoms with van der Waals surface area (Å²) in [7, 11) is 0. The SMILES string of the molecule is O=C(NCc1ccc(F)cc1Cl)Nc1ccc(Br)cc1Br. The number of hydrogen-bond donors (Lipinski definition) is 2. The van der Waals surface area contributed by atoms with Gasteiger partial charge in [0.2, 0.25) is 0 Å². The van der Waals surface area contributed by atoms with Crippen molar-refractivity contribution < 1.29 is 9.18 Å². The summed E-state index contributed by atoms with van der Waals surface area (Å²) in [5, 5.41) is 5.64. The van der Waals surface area contributed by atoms with E-state index in [0.29, 0.717) is 11.3 Å². The van der Waals surface area contributed by atoms with Crippen LogP contribution in [0.15, 0.2) is 45.3 Å². The number of nitrogens with one attached hydrogen (secondary N) is 2. The third kappa shape index (κ3) is 4.69. The summed E-state index contributed by atoms with van der Waals surface area (Å²) in [6.45, 7) is 0.207. The minimum absolute atomic E-state index is 0.207. The van der Waals surface area contributed by atoms with Gasteiger partial charge in [0.25, 0.3) is 0 Å². The molecule has 2 N–H and O–H groups in total. The monoisotopic (exact) mass is 434 g/mol. The zero-order valence-corrected chi connectivity index (χ0v) is 14.5. The molecule has 0 heterocycles. The second-order valence-corrected chi connectivity index (χ2v) is 6.34. The van der Waals surface area contributed by atoms with Crippen molar-refractivity contribution in [3.63, 3.8) is 0 Å². The summed E-state index contributed by atoms with van der Waals surface area (Å²) in [6.07, 6.45) is 0. The van der Waals surface area contributed by atoms with Crippen LogP contribution in [0.1, 0.15) is 5.56 Å². The van der Waals surface area contributed by atoms with Gasteiger partial charge in [-0.1, -0.05) is 33.6 Å². The van der Waals surface area contributed by atoms with E-state index in [9.17, 15) is 9.18 Å². The van der Waals surface area contributed by atoms with Crippen LogP contribution in [-0.2, 0) is 6.54 Å². The fourth-order valence-electron chi connectivity index (χ4n) is 1.60. The van der Waals surface area contributed by atoms with E-state index in [1.54, 1.807) is 6.07 Å². The molecule has 0 aliphatic carbocycles. The molecule has 0 bridgehead atoms. The molecule has 3 nitrogen and oxygen atoms in total. The normalized spacial score (nSPS) is 10.3. The molecule has 0 radical (unpaired) electrons. The van der Waals surface area contributed by atoms with Crippen LogP contribution in [0.5, 0.6) is 0 Å². The van der Waals surface area contributed by atoms with Crippen molar-refractivity contribution in [1.29, 1.82) is 0 Å². The zero-order chi connectivity index (χ0) is 15.4. The van der Waals surface area contributed by atoms with Crippen molar-refractivity contribution in [2.75, 3.05) is 5.32 Å². The van der Waals surface area contributed by atoms with Gasteiger partial charge in [-0.05, 0) is 51.8 Å². The van der Waals surface area contributed by atoms with Crippen molar-refractivity contribution in [1.82, 2.24) is 5.32 Å². The predicted molar refractivity (Wildman–Crippen MR) is 89.1 cm³/mol. The standard InChI is InChI=1S/C14H10Br2ClFN2O/c15-9-2-4-13(11(16)5-9)20-14(21)19-7-8-1-3-10(18)6-12(8)17/h1-6H,7H2,(H2,19,20,21). The maximum atomic E-state index is 12.9. The summed E-state index contributed by atoms with van der Waals surface area (Å²) in [5.41, 5.74) is 1.28. The lowest BCUT2D eigenvalue weighted by Gasteiger charge is -2.10. The van der Waals surface area contributed by atoms with Gasteiger partial charge in [0.05, 0.1) is 5.69 Å². The van der Waals surface area contributed by atoms with E-state index in [0.717, 1.165) is 8.95 Å². The molecular weight excluding hydrogens is 426 g/mol. The van der Waals surface area contributed by atoms with Gasteiger partial charge in [-0.3, -0.25) is 0 Å². The van der Waals surface area contributed by atoms with E-state index in [4.69, 9.17) is 11.6 Å². The lowest BCUT2D eigenvalue weighted by molar-refractivity contribution is 0.251. The van der Waals surface area contributed by atoms with Crippen molar-refractivity contribution >= 4 is 55.2 Å². The molecule has 2 aromatic carbocycles. The fraction of sp³-hybridized carbons (Fsp3) is 0.0714. The van der Waals surface area contributed by atoms with Crippen molar-refractivity contribution in [3.8, 4) is 0 Å².